The monoisotopic (exact) mass is 466 g/mol. The molecule has 3 rings (SSSR count). The first-order valence-corrected chi connectivity index (χ1v) is 9.54. The number of carbonyl (C=O) groups excluding carboxylic acids is 1. The number of aromatic hydroxyl groups is 5. The zero-order valence-electron chi connectivity index (χ0n) is 16.8. The van der Waals surface area contributed by atoms with Crippen LogP contribution < -0.4 is 4.74 Å². The number of benzene rings is 2. The Morgan fingerprint density at radius 1 is 0.909 bits per heavy atom. The Balaban J connectivity index is 1.84. The van der Waals surface area contributed by atoms with Crippen LogP contribution in [0, 0.1) is 0 Å². The van der Waals surface area contributed by atoms with Gasteiger partial charge in [0.05, 0.1) is 6.61 Å². The second kappa shape index (κ2) is 9.52. The molecule has 9 N–H and O–H groups in total. The van der Waals surface area contributed by atoms with Gasteiger partial charge in [-0.05, 0) is 23.8 Å². The van der Waals surface area contributed by atoms with Gasteiger partial charge in [0.25, 0.3) is 0 Å². The maximum atomic E-state index is 12.5. The molecule has 0 aliphatic carbocycles. The smallest absolute Gasteiger partial charge is 0.229 e. The number of hydrogen-bond acceptors (Lipinski definition) is 12. The lowest BCUT2D eigenvalue weighted by atomic mass is 9.99. The predicted molar refractivity (Wildman–Crippen MR) is 109 cm³/mol. The van der Waals surface area contributed by atoms with Crippen molar-refractivity contribution in [1.29, 1.82) is 0 Å². The highest BCUT2D eigenvalue weighted by Gasteiger charge is 2.45. The summed E-state index contributed by atoms with van der Waals surface area (Å²) in [6.45, 7) is -0.730. The summed E-state index contributed by atoms with van der Waals surface area (Å²) in [7, 11) is 0. The largest absolute Gasteiger partial charge is 0.507 e. The molecule has 5 atom stereocenters. The molecular weight excluding hydrogens is 444 g/mol. The molecule has 2 aromatic rings. The van der Waals surface area contributed by atoms with Crippen molar-refractivity contribution in [2.45, 2.75) is 30.7 Å². The number of rotatable bonds is 6. The average Bonchev–Trinajstić information content (AvgIpc) is 2.78. The SMILES string of the molecule is O=C(/C=C/c1ccc(O)c(O)c1)c1c(O)cc(O[C@@H]2O[C@@H](CO)[C@@H](O)[C@@H](O)[C@@H]2O)c(O)c1O. The van der Waals surface area contributed by atoms with Gasteiger partial charge in [-0.25, -0.2) is 0 Å². The normalized spacial score (nSPS) is 25.3. The number of phenolic OH excluding ortho intramolecular Hbond substituents is 5. The van der Waals surface area contributed by atoms with E-state index in [9.17, 15) is 50.8 Å². The zero-order chi connectivity index (χ0) is 24.4. The molecule has 178 valence electrons. The van der Waals surface area contributed by atoms with Gasteiger partial charge in [0.2, 0.25) is 12.0 Å². The summed E-state index contributed by atoms with van der Waals surface area (Å²) in [5.74, 6) is -5.23. The number of ketones is 1. The lowest BCUT2D eigenvalue weighted by Gasteiger charge is -2.39. The molecule has 1 saturated heterocycles. The molecular formula is C21H22O12. The van der Waals surface area contributed by atoms with E-state index in [0.29, 0.717) is 5.56 Å². The van der Waals surface area contributed by atoms with Gasteiger partial charge in [-0.15, -0.1) is 0 Å². The number of aliphatic hydroxyl groups excluding tert-OH is 4. The fourth-order valence-electron chi connectivity index (χ4n) is 3.14. The van der Waals surface area contributed by atoms with Crippen molar-refractivity contribution in [3.63, 3.8) is 0 Å². The average molecular weight is 466 g/mol. The first kappa shape index (κ1) is 24.1. The van der Waals surface area contributed by atoms with Crippen LogP contribution >= 0.6 is 0 Å². The second-order valence-electron chi connectivity index (χ2n) is 7.23. The van der Waals surface area contributed by atoms with Crippen molar-refractivity contribution in [2.24, 2.45) is 0 Å². The number of hydrogen-bond donors (Lipinski definition) is 9. The summed E-state index contributed by atoms with van der Waals surface area (Å²) in [5.41, 5.74) is -0.377. The molecule has 33 heavy (non-hydrogen) atoms. The summed E-state index contributed by atoms with van der Waals surface area (Å²) >= 11 is 0. The van der Waals surface area contributed by atoms with E-state index < -0.39 is 77.4 Å². The van der Waals surface area contributed by atoms with Crippen molar-refractivity contribution in [3.8, 4) is 34.5 Å². The van der Waals surface area contributed by atoms with E-state index in [1.807, 2.05) is 0 Å². The second-order valence-corrected chi connectivity index (χ2v) is 7.23. The van der Waals surface area contributed by atoms with Gasteiger partial charge in [0.1, 0.15) is 35.7 Å². The molecule has 0 saturated carbocycles. The quantitative estimate of drug-likeness (QED) is 0.112. The number of ether oxygens (including phenoxy) is 2. The highest BCUT2D eigenvalue weighted by Crippen LogP contribution is 2.44. The van der Waals surface area contributed by atoms with E-state index in [4.69, 9.17) is 9.47 Å². The van der Waals surface area contributed by atoms with Crippen LogP contribution in [0.25, 0.3) is 6.08 Å². The van der Waals surface area contributed by atoms with Crippen molar-refractivity contribution < 1.29 is 60.2 Å². The van der Waals surface area contributed by atoms with E-state index in [0.717, 1.165) is 18.2 Å². The van der Waals surface area contributed by atoms with Crippen LogP contribution in [0.1, 0.15) is 15.9 Å². The predicted octanol–water partition coefficient (Wildman–Crippen LogP) is -0.711. The Hall–Kier alpha value is -3.55. The highest BCUT2D eigenvalue weighted by atomic mass is 16.7. The van der Waals surface area contributed by atoms with Gasteiger partial charge in [-0.2, -0.15) is 0 Å². The van der Waals surface area contributed by atoms with Crippen LogP contribution in [0.4, 0.5) is 0 Å². The van der Waals surface area contributed by atoms with Crippen LogP contribution in [0.2, 0.25) is 0 Å². The van der Waals surface area contributed by atoms with Gasteiger partial charge in [-0.1, -0.05) is 12.1 Å². The van der Waals surface area contributed by atoms with Crippen LogP contribution in [0.5, 0.6) is 34.5 Å². The lowest BCUT2D eigenvalue weighted by Crippen LogP contribution is -2.60. The Morgan fingerprint density at radius 2 is 1.61 bits per heavy atom. The van der Waals surface area contributed by atoms with E-state index in [2.05, 4.69) is 0 Å². The van der Waals surface area contributed by atoms with Crippen LogP contribution in [0.3, 0.4) is 0 Å². The van der Waals surface area contributed by atoms with E-state index in [1.165, 1.54) is 18.2 Å². The van der Waals surface area contributed by atoms with E-state index >= 15 is 0 Å². The van der Waals surface area contributed by atoms with E-state index in [-0.39, 0.29) is 5.75 Å². The minimum Gasteiger partial charge on any atom is -0.507 e. The summed E-state index contributed by atoms with van der Waals surface area (Å²) in [6, 6.07) is 4.48. The summed E-state index contributed by atoms with van der Waals surface area (Å²) in [5, 5.41) is 88.3. The Bertz CT molecular complexity index is 1060. The first-order valence-electron chi connectivity index (χ1n) is 9.54. The third-order valence-electron chi connectivity index (χ3n) is 4.98. The first-order chi connectivity index (χ1) is 15.5. The molecule has 1 aliphatic heterocycles. The van der Waals surface area contributed by atoms with Gasteiger partial charge >= 0.3 is 0 Å². The molecule has 0 aromatic heterocycles. The molecule has 1 fully saturated rings. The Morgan fingerprint density at radius 3 is 2.24 bits per heavy atom. The molecule has 0 radical (unpaired) electrons. The standard InChI is InChI=1S/C21H22O12/c22-7-14-17(28)19(30)20(31)21(33-14)32-13-6-12(26)15(18(29)16(13)27)10(24)4-2-8-1-3-9(23)11(25)5-8/h1-6,14,17,19-23,25-31H,7H2/b4-2+/t14-,17+,19+,20-,21+/m0/s1. The number of phenols is 5. The van der Waals surface area contributed by atoms with Gasteiger partial charge in [0.15, 0.2) is 28.8 Å². The Labute approximate surface area is 186 Å². The minimum atomic E-state index is -1.82. The maximum absolute atomic E-state index is 12.5. The topological polar surface area (TPSA) is 218 Å². The van der Waals surface area contributed by atoms with E-state index in [1.54, 1.807) is 0 Å². The fraction of sp³-hybridized carbons (Fsp3) is 0.286. The third-order valence-corrected chi connectivity index (χ3v) is 4.98. The molecule has 2 aromatic carbocycles. The molecule has 0 amide bonds. The van der Waals surface area contributed by atoms with Gasteiger partial charge in [0, 0.05) is 6.07 Å². The van der Waals surface area contributed by atoms with Crippen molar-refractivity contribution >= 4 is 11.9 Å². The van der Waals surface area contributed by atoms with Crippen LogP contribution in [-0.2, 0) is 4.74 Å². The zero-order valence-corrected chi connectivity index (χ0v) is 16.8. The molecule has 1 aliphatic rings. The summed E-state index contributed by atoms with van der Waals surface area (Å²) < 4.78 is 10.3. The number of aliphatic hydroxyl groups is 4. The van der Waals surface area contributed by atoms with Crippen molar-refractivity contribution in [1.82, 2.24) is 0 Å². The van der Waals surface area contributed by atoms with Crippen molar-refractivity contribution in [2.75, 3.05) is 6.61 Å². The number of allylic oxidation sites excluding steroid dienone is 1. The Kier molecular flexibility index (Phi) is 6.95. The molecule has 0 bridgehead atoms. The van der Waals surface area contributed by atoms with Gasteiger partial charge < -0.3 is 55.4 Å². The molecule has 12 heteroatoms. The minimum absolute atomic E-state index is 0.310. The highest BCUT2D eigenvalue weighted by molar-refractivity contribution is 6.11. The van der Waals surface area contributed by atoms with Crippen LogP contribution in [-0.4, -0.2) is 89.1 Å². The molecule has 12 nitrogen and oxygen atoms in total. The number of carbonyl (C=O) groups is 1. The maximum Gasteiger partial charge on any atom is 0.229 e. The molecule has 0 spiro atoms. The third kappa shape index (κ3) is 4.79. The summed E-state index contributed by atoms with van der Waals surface area (Å²) in [4.78, 5) is 12.5. The van der Waals surface area contributed by atoms with Gasteiger partial charge in [-0.3, -0.25) is 4.79 Å². The molecule has 0 unspecified atom stereocenters. The molecule has 1 heterocycles. The van der Waals surface area contributed by atoms with Crippen LogP contribution in [0.15, 0.2) is 30.3 Å². The fourth-order valence-corrected chi connectivity index (χ4v) is 3.14. The lowest BCUT2D eigenvalue weighted by molar-refractivity contribution is -0.277. The van der Waals surface area contributed by atoms with Crippen molar-refractivity contribution in [3.05, 3.63) is 41.5 Å². The summed E-state index contributed by atoms with van der Waals surface area (Å²) in [6.07, 6.45) is -6.11.